The molecule has 2 rings (SSSR count). The molecule has 1 N–H and O–H groups in total. The van der Waals surface area contributed by atoms with Crippen molar-refractivity contribution in [1.82, 2.24) is 10.2 Å². The van der Waals surface area contributed by atoms with Crippen LogP contribution in [0.4, 0.5) is 0 Å². The molecule has 1 aliphatic carbocycles. The second-order valence-corrected chi connectivity index (χ2v) is 7.61. The van der Waals surface area contributed by atoms with Crippen molar-refractivity contribution in [1.29, 1.82) is 0 Å². The average molecular weight is 322 g/mol. The number of amides is 1. The van der Waals surface area contributed by atoms with Crippen LogP contribution >= 0.6 is 0 Å². The topological polar surface area (TPSA) is 49.4 Å². The van der Waals surface area contributed by atoms with E-state index in [9.17, 15) is 9.59 Å². The van der Waals surface area contributed by atoms with Gasteiger partial charge in [-0.3, -0.25) is 14.5 Å². The Labute approximate surface area is 141 Å². The first-order chi connectivity index (χ1) is 11.0. The summed E-state index contributed by atoms with van der Waals surface area (Å²) in [5, 5.41) is 3.26. The third kappa shape index (κ3) is 5.30. The molecule has 1 heterocycles. The van der Waals surface area contributed by atoms with Crippen molar-refractivity contribution in [3.8, 4) is 0 Å². The summed E-state index contributed by atoms with van der Waals surface area (Å²) in [6.45, 7) is 8.73. The minimum atomic E-state index is 0.164. The number of likely N-dealkylation sites (tertiary alicyclic amines) is 1. The fraction of sp³-hybridized carbons (Fsp3) is 0.895. The van der Waals surface area contributed by atoms with Crippen LogP contribution in [0.15, 0.2) is 0 Å². The molecule has 1 saturated heterocycles. The van der Waals surface area contributed by atoms with Gasteiger partial charge >= 0.3 is 0 Å². The summed E-state index contributed by atoms with van der Waals surface area (Å²) in [6.07, 6.45) is 7.34. The predicted octanol–water partition coefficient (Wildman–Crippen LogP) is 3.01. The molecule has 3 unspecified atom stereocenters. The van der Waals surface area contributed by atoms with Crippen LogP contribution in [-0.2, 0) is 9.59 Å². The number of piperidine rings is 1. The number of rotatable bonds is 6. The fourth-order valence-electron chi connectivity index (χ4n) is 4.25. The van der Waals surface area contributed by atoms with Crippen LogP contribution < -0.4 is 5.32 Å². The van der Waals surface area contributed by atoms with E-state index in [2.05, 4.69) is 24.1 Å². The van der Waals surface area contributed by atoms with Crippen LogP contribution in [-0.4, -0.2) is 42.3 Å². The molecule has 4 nitrogen and oxygen atoms in total. The van der Waals surface area contributed by atoms with Crippen molar-refractivity contribution in [2.45, 2.75) is 71.8 Å². The van der Waals surface area contributed by atoms with Gasteiger partial charge in [0.25, 0.3) is 0 Å². The highest BCUT2D eigenvalue weighted by molar-refractivity contribution is 5.81. The summed E-state index contributed by atoms with van der Waals surface area (Å²) >= 11 is 0. The van der Waals surface area contributed by atoms with Crippen molar-refractivity contribution in [3.05, 3.63) is 0 Å². The highest BCUT2D eigenvalue weighted by Gasteiger charge is 2.29. The SMILES string of the molecule is CCC(=O)C1CCN(CC(=O)NC2CCC(CC)CC2C)CC1. The molecule has 1 amide bonds. The summed E-state index contributed by atoms with van der Waals surface area (Å²) in [4.78, 5) is 26.3. The molecular formula is C19H34N2O2. The minimum absolute atomic E-state index is 0.164. The molecule has 0 spiro atoms. The maximum absolute atomic E-state index is 12.3. The van der Waals surface area contributed by atoms with Crippen LogP contribution in [0.2, 0.25) is 0 Å². The number of nitrogens with zero attached hydrogens (tertiary/aromatic N) is 1. The van der Waals surface area contributed by atoms with Gasteiger partial charge in [0.15, 0.2) is 0 Å². The van der Waals surface area contributed by atoms with Gasteiger partial charge in [-0.05, 0) is 57.0 Å². The second-order valence-electron chi connectivity index (χ2n) is 7.61. The molecule has 0 aromatic rings. The van der Waals surface area contributed by atoms with Gasteiger partial charge in [-0.1, -0.05) is 27.2 Å². The smallest absolute Gasteiger partial charge is 0.234 e. The Morgan fingerprint density at radius 1 is 1.09 bits per heavy atom. The van der Waals surface area contributed by atoms with E-state index in [1.54, 1.807) is 0 Å². The summed E-state index contributed by atoms with van der Waals surface area (Å²) in [5.41, 5.74) is 0. The van der Waals surface area contributed by atoms with Gasteiger partial charge in [-0.15, -0.1) is 0 Å². The lowest BCUT2D eigenvalue weighted by Crippen LogP contribution is -2.48. The Kier molecular flexibility index (Phi) is 7.07. The number of Topliss-reactive ketones (excluding diaryl/α,β-unsaturated/α-hetero) is 1. The van der Waals surface area contributed by atoms with Gasteiger partial charge < -0.3 is 5.32 Å². The molecule has 2 fully saturated rings. The van der Waals surface area contributed by atoms with Crippen LogP contribution in [0.25, 0.3) is 0 Å². The van der Waals surface area contributed by atoms with Gasteiger partial charge in [-0.2, -0.15) is 0 Å². The molecule has 4 heteroatoms. The van der Waals surface area contributed by atoms with E-state index < -0.39 is 0 Å². The molecule has 0 aromatic carbocycles. The van der Waals surface area contributed by atoms with Crippen molar-refractivity contribution < 1.29 is 9.59 Å². The van der Waals surface area contributed by atoms with E-state index >= 15 is 0 Å². The average Bonchev–Trinajstić information content (AvgIpc) is 2.56. The molecular weight excluding hydrogens is 288 g/mol. The van der Waals surface area contributed by atoms with Crippen molar-refractivity contribution in [2.75, 3.05) is 19.6 Å². The molecule has 0 bridgehead atoms. The van der Waals surface area contributed by atoms with Gasteiger partial charge in [0, 0.05) is 18.4 Å². The Hall–Kier alpha value is -0.900. The molecule has 1 aliphatic heterocycles. The molecule has 1 saturated carbocycles. The van der Waals surface area contributed by atoms with E-state index in [0.29, 0.717) is 30.7 Å². The molecule has 0 radical (unpaired) electrons. The summed E-state index contributed by atoms with van der Waals surface area (Å²) in [7, 11) is 0. The van der Waals surface area contributed by atoms with Gasteiger partial charge in [0.05, 0.1) is 6.54 Å². The van der Waals surface area contributed by atoms with E-state index in [4.69, 9.17) is 0 Å². The Morgan fingerprint density at radius 2 is 1.78 bits per heavy atom. The van der Waals surface area contributed by atoms with E-state index in [1.165, 1.54) is 19.3 Å². The van der Waals surface area contributed by atoms with Crippen molar-refractivity contribution >= 4 is 11.7 Å². The maximum atomic E-state index is 12.3. The third-order valence-corrected chi connectivity index (χ3v) is 5.96. The lowest BCUT2D eigenvalue weighted by atomic mass is 9.78. The van der Waals surface area contributed by atoms with Gasteiger partial charge in [-0.25, -0.2) is 0 Å². The lowest BCUT2D eigenvalue weighted by Gasteiger charge is -2.35. The summed E-state index contributed by atoms with van der Waals surface area (Å²) < 4.78 is 0. The summed E-state index contributed by atoms with van der Waals surface area (Å²) in [5.74, 6) is 2.20. The number of nitrogens with one attached hydrogen (secondary N) is 1. The fourth-order valence-corrected chi connectivity index (χ4v) is 4.25. The Morgan fingerprint density at radius 3 is 2.35 bits per heavy atom. The highest BCUT2D eigenvalue weighted by atomic mass is 16.2. The first kappa shape index (κ1) is 18.4. The first-order valence-electron chi connectivity index (χ1n) is 9.57. The van der Waals surface area contributed by atoms with Gasteiger partial charge in [0.1, 0.15) is 5.78 Å². The molecule has 3 atom stereocenters. The molecule has 0 aromatic heterocycles. The number of hydrogen-bond donors (Lipinski definition) is 1. The first-order valence-corrected chi connectivity index (χ1v) is 9.57. The minimum Gasteiger partial charge on any atom is -0.352 e. The number of hydrogen-bond acceptors (Lipinski definition) is 3. The van der Waals surface area contributed by atoms with Crippen molar-refractivity contribution in [2.24, 2.45) is 17.8 Å². The molecule has 2 aliphatic rings. The van der Waals surface area contributed by atoms with Gasteiger partial charge in [0.2, 0.25) is 5.91 Å². The zero-order valence-electron chi connectivity index (χ0n) is 15.1. The maximum Gasteiger partial charge on any atom is 0.234 e. The van der Waals surface area contributed by atoms with E-state index in [0.717, 1.165) is 38.3 Å². The van der Waals surface area contributed by atoms with Crippen LogP contribution in [0, 0.1) is 17.8 Å². The Balaban J connectivity index is 1.70. The van der Waals surface area contributed by atoms with Crippen LogP contribution in [0.1, 0.15) is 65.7 Å². The third-order valence-electron chi connectivity index (χ3n) is 5.96. The zero-order valence-corrected chi connectivity index (χ0v) is 15.1. The quantitative estimate of drug-likeness (QED) is 0.818. The van der Waals surface area contributed by atoms with Crippen LogP contribution in [0.3, 0.4) is 0 Å². The number of carbonyl (C=O) groups excluding carboxylic acids is 2. The largest absolute Gasteiger partial charge is 0.352 e. The molecule has 23 heavy (non-hydrogen) atoms. The lowest BCUT2D eigenvalue weighted by molar-refractivity contribution is -0.125. The second kappa shape index (κ2) is 8.81. The predicted molar refractivity (Wildman–Crippen MR) is 93.2 cm³/mol. The standard InChI is InChI=1S/C19H34N2O2/c1-4-15-6-7-17(14(3)12-15)20-19(23)13-21-10-8-16(9-11-21)18(22)5-2/h14-17H,4-13H2,1-3H3,(H,20,23). The monoisotopic (exact) mass is 322 g/mol. The highest BCUT2D eigenvalue weighted by Crippen LogP contribution is 2.31. The normalized spacial score (nSPS) is 30.1. The number of ketones is 1. The van der Waals surface area contributed by atoms with Crippen LogP contribution in [0.5, 0.6) is 0 Å². The van der Waals surface area contributed by atoms with E-state index in [1.807, 2.05) is 6.92 Å². The zero-order chi connectivity index (χ0) is 16.8. The van der Waals surface area contributed by atoms with E-state index in [-0.39, 0.29) is 11.8 Å². The number of carbonyl (C=O) groups is 2. The van der Waals surface area contributed by atoms with Crippen molar-refractivity contribution in [3.63, 3.8) is 0 Å². The Bertz CT molecular complexity index is 402. The molecule has 132 valence electrons. The summed E-state index contributed by atoms with van der Waals surface area (Å²) in [6, 6.07) is 0.351.